The zero-order valence-corrected chi connectivity index (χ0v) is 8.33. The minimum atomic E-state index is 0.462. The quantitative estimate of drug-likeness (QED) is 0.751. The van der Waals surface area contributed by atoms with E-state index in [1.165, 1.54) is 0 Å². The second-order valence-corrected chi connectivity index (χ2v) is 3.56. The molecule has 0 amide bonds. The maximum absolute atomic E-state index is 4.42. The van der Waals surface area contributed by atoms with Crippen LogP contribution in [-0.4, -0.2) is 18.4 Å². The van der Waals surface area contributed by atoms with E-state index in [1.54, 1.807) is 0 Å². The fourth-order valence-corrected chi connectivity index (χ4v) is 1.50. The van der Waals surface area contributed by atoms with Crippen LogP contribution in [0.25, 0.3) is 6.08 Å². The van der Waals surface area contributed by atoms with Crippen LogP contribution in [0.4, 0.5) is 0 Å². The maximum Gasteiger partial charge on any atom is 0.128 e. The molecule has 1 heterocycles. The first kappa shape index (κ1) is 9.00. The standard InChI is InChI=1S/C12H14N2/c1-3-10-4-6-11(7-5-10)12-13-8-9(2)14-12/h3-7,9H,1,8H2,2H3,(H,13,14). The number of nitrogens with zero attached hydrogens (tertiary/aromatic N) is 1. The van der Waals surface area contributed by atoms with E-state index in [0.29, 0.717) is 6.04 Å². The average molecular weight is 186 g/mol. The molecule has 0 fully saturated rings. The van der Waals surface area contributed by atoms with Crippen molar-refractivity contribution >= 4 is 11.9 Å². The van der Waals surface area contributed by atoms with Gasteiger partial charge in [0.1, 0.15) is 5.84 Å². The number of hydrogen-bond acceptors (Lipinski definition) is 2. The molecule has 72 valence electrons. The van der Waals surface area contributed by atoms with Crippen molar-refractivity contribution in [2.24, 2.45) is 4.99 Å². The highest BCUT2D eigenvalue weighted by Crippen LogP contribution is 2.08. The topological polar surface area (TPSA) is 24.4 Å². The van der Waals surface area contributed by atoms with E-state index in [4.69, 9.17) is 0 Å². The van der Waals surface area contributed by atoms with Crippen molar-refractivity contribution in [1.82, 2.24) is 5.32 Å². The van der Waals surface area contributed by atoms with Crippen LogP contribution in [0.1, 0.15) is 18.1 Å². The Morgan fingerprint density at radius 1 is 1.43 bits per heavy atom. The Kier molecular flexibility index (Phi) is 2.35. The van der Waals surface area contributed by atoms with Crippen LogP contribution in [0.15, 0.2) is 35.8 Å². The van der Waals surface area contributed by atoms with Gasteiger partial charge in [0.25, 0.3) is 0 Å². The lowest BCUT2D eigenvalue weighted by molar-refractivity contribution is 0.726. The van der Waals surface area contributed by atoms with E-state index in [0.717, 1.165) is 23.5 Å². The van der Waals surface area contributed by atoms with Crippen LogP contribution in [-0.2, 0) is 0 Å². The lowest BCUT2D eigenvalue weighted by Crippen LogP contribution is -2.27. The molecule has 2 rings (SSSR count). The summed E-state index contributed by atoms with van der Waals surface area (Å²) in [6.07, 6.45) is 1.84. The predicted molar refractivity (Wildman–Crippen MR) is 60.5 cm³/mol. The third kappa shape index (κ3) is 1.69. The minimum absolute atomic E-state index is 0.462. The van der Waals surface area contributed by atoms with Crippen molar-refractivity contribution in [2.45, 2.75) is 13.0 Å². The predicted octanol–water partition coefficient (Wildman–Crippen LogP) is 2.07. The zero-order valence-electron chi connectivity index (χ0n) is 8.33. The van der Waals surface area contributed by atoms with Crippen molar-refractivity contribution in [1.29, 1.82) is 0 Å². The SMILES string of the molecule is C=Cc1ccc(C2=NCC(C)N2)cc1. The van der Waals surface area contributed by atoms with E-state index >= 15 is 0 Å². The highest BCUT2D eigenvalue weighted by atomic mass is 15.1. The highest BCUT2D eigenvalue weighted by Gasteiger charge is 2.13. The molecule has 1 N–H and O–H groups in total. The molecular formula is C12H14N2. The Balaban J connectivity index is 2.21. The van der Waals surface area contributed by atoms with Gasteiger partial charge < -0.3 is 5.32 Å². The Labute approximate surface area is 84.4 Å². The molecule has 14 heavy (non-hydrogen) atoms. The van der Waals surface area contributed by atoms with Gasteiger partial charge in [-0.3, -0.25) is 4.99 Å². The van der Waals surface area contributed by atoms with Crippen LogP contribution >= 0.6 is 0 Å². The molecule has 1 aliphatic heterocycles. The lowest BCUT2D eigenvalue weighted by Gasteiger charge is -2.05. The molecule has 0 saturated heterocycles. The first-order valence-electron chi connectivity index (χ1n) is 4.83. The second kappa shape index (κ2) is 3.66. The van der Waals surface area contributed by atoms with Crippen molar-refractivity contribution < 1.29 is 0 Å². The van der Waals surface area contributed by atoms with Crippen LogP contribution in [0.3, 0.4) is 0 Å². The van der Waals surface area contributed by atoms with Crippen molar-refractivity contribution in [2.75, 3.05) is 6.54 Å². The van der Waals surface area contributed by atoms with Crippen LogP contribution < -0.4 is 5.32 Å². The van der Waals surface area contributed by atoms with Gasteiger partial charge in [0.05, 0.1) is 6.54 Å². The monoisotopic (exact) mass is 186 g/mol. The van der Waals surface area contributed by atoms with Crippen molar-refractivity contribution in [3.63, 3.8) is 0 Å². The number of rotatable bonds is 2. The van der Waals surface area contributed by atoms with E-state index in [2.05, 4.69) is 48.1 Å². The summed E-state index contributed by atoms with van der Waals surface area (Å²) in [5.74, 6) is 1.01. The molecule has 2 nitrogen and oxygen atoms in total. The first-order chi connectivity index (χ1) is 6.79. The van der Waals surface area contributed by atoms with Crippen molar-refractivity contribution in [3.05, 3.63) is 42.0 Å². The van der Waals surface area contributed by atoms with Crippen LogP contribution in [0, 0.1) is 0 Å². The minimum Gasteiger partial charge on any atom is -0.366 e. The Morgan fingerprint density at radius 3 is 2.64 bits per heavy atom. The van der Waals surface area contributed by atoms with E-state index < -0.39 is 0 Å². The van der Waals surface area contributed by atoms with Gasteiger partial charge >= 0.3 is 0 Å². The summed E-state index contributed by atoms with van der Waals surface area (Å²) in [5, 5.41) is 3.33. The van der Waals surface area contributed by atoms with E-state index in [-0.39, 0.29) is 0 Å². The molecule has 0 aromatic heterocycles. The van der Waals surface area contributed by atoms with Gasteiger partial charge in [0.15, 0.2) is 0 Å². The van der Waals surface area contributed by atoms with Gasteiger partial charge in [0.2, 0.25) is 0 Å². The first-order valence-corrected chi connectivity index (χ1v) is 4.83. The Bertz CT molecular complexity index is 362. The highest BCUT2D eigenvalue weighted by molar-refractivity contribution is 6.00. The summed E-state index contributed by atoms with van der Waals surface area (Å²) >= 11 is 0. The van der Waals surface area contributed by atoms with Crippen LogP contribution in [0.5, 0.6) is 0 Å². The number of benzene rings is 1. The lowest BCUT2D eigenvalue weighted by atomic mass is 10.1. The van der Waals surface area contributed by atoms with Crippen LogP contribution in [0.2, 0.25) is 0 Å². The third-order valence-electron chi connectivity index (χ3n) is 2.33. The molecule has 2 heteroatoms. The summed E-state index contributed by atoms with van der Waals surface area (Å²) < 4.78 is 0. The fourth-order valence-electron chi connectivity index (χ4n) is 1.50. The molecule has 0 spiro atoms. The molecular weight excluding hydrogens is 172 g/mol. The van der Waals surface area contributed by atoms with E-state index in [1.807, 2.05) is 6.08 Å². The maximum atomic E-state index is 4.42. The van der Waals surface area contributed by atoms with Gasteiger partial charge in [-0.2, -0.15) is 0 Å². The summed E-state index contributed by atoms with van der Waals surface area (Å²) in [4.78, 5) is 4.42. The van der Waals surface area contributed by atoms with Gasteiger partial charge in [-0.1, -0.05) is 36.9 Å². The molecule has 1 atom stereocenters. The van der Waals surface area contributed by atoms with Crippen molar-refractivity contribution in [3.8, 4) is 0 Å². The fraction of sp³-hybridized carbons (Fsp3) is 0.250. The Hall–Kier alpha value is -1.57. The van der Waals surface area contributed by atoms with E-state index in [9.17, 15) is 0 Å². The average Bonchev–Trinajstić information content (AvgIpc) is 2.65. The molecule has 0 bridgehead atoms. The normalized spacial score (nSPS) is 20.1. The zero-order chi connectivity index (χ0) is 9.97. The molecule has 1 aromatic rings. The molecule has 1 unspecified atom stereocenters. The summed E-state index contributed by atoms with van der Waals surface area (Å²) in [7, 11) is 0. The van der Waals surface area contributed by atoms with Gasteiger partial charge in [-0.05, 0) is 12.5 Å². The Morgan fingerprint density at radius 2 is 2.14 bits per heavy atom. The number of aliphatic imine (C=N–C) groups is 1. The smallest absolute Gasteiger partial charge is 0.128 e. The molecule has 1 aromatic carbocycles. The molecule has 0 aliphatic carbocycles. The largest absolute Gasteiger partial charge is 0.366 e. The van der Waals surface area contributed by atoms with Gasteiger partial charge in [0, 0.05) is 11.6 Å². The summed E-state index contributed by atoms with van der Waals surface area (Å²) in [6.45, 7) is 6.73. The number of nitrogens with one attached hydrogen (secondary N) is 1. The number of hydrogen-bond donors (Lipinski definition) is 1. The molecule has 0 saturated carbocycles. The summed E-state index contributed by atoms with van der Waals surface area (Å²) in [5.41, 5.74) is 2.29. The molecule has 0 radical (unpaired) electrons. The number of amidine groups is 1. The molecule has 1 aliphatic rings. The summed E-state index contributed by atoms with van der Waals surface area (Å²) in [6, 6.07) is 8.70. The third-order valence-corrected chi connectivity index (χ3v) is 2.33. The van der Waals surface area contributed by atoms with Gasteiger partial charge in [-0.25, -0.2) is 0 Å². The van der Waals surface area contributed by atoms with Gasteiger partial charge in [-0.15, -0.1) is 0 Å². The second-order valence-electron chi connectivity index (χ2n) is 3.56.